The van der Waals surface area contributed by atoms with Gasteiger partial charge in [-0.25, -0.2) is 0 Å². The second kappa shape index (κ2) is 2.73. The number of aromatic amines is 1. The Morgan fingerprint density at radius 3 is 2.86 bits per heavy atom. The van der Waals surface area contributed by atoms with E-state index in [1.807, 2.05) is 6.92 Å². The molecule has 5 heteroatoms. The average molecular weight is 191 g/mol. The van der Waals surface area contributed by atoms with Crippen LogP contribution < -0.4 is 5.73 Å². The number of non-ortho nitro benzene ring substituents is 1. The summed E-state index contributed by atoms with van der Waals surface area (Å²) < 4.78 is 0. The van der Waals surface area contributed by atoms with Crippen molar-refractivity contribution in [2.45, 2.75) is 6.92 Å². The number of H-pyrrole nitrogens is 1. The molecule has 2 aromatic rings. The van der Waals surface area contributed by atoms with Gasteiger partial charge in [0.2, 0.25) is 0 Å². The first kappa shape index (κ1) is 8.55. The predicted octanol–water partition coefficient (Wildman–Crippen LogP) is 1.97. The number of nitrogens with one attached hydrogen (secondary N) is 1. The zero-order valence-corrected chi connectivity index (χ0v) is 7.57. The van der Waals surface area contributed by atoms with Crippen LogP contribution in [0.3, 0.4) is 0 Å². The Morgan fingerprint density at radius 1 is 1.50 bits per heavy atom. The minimum absolute atomic E-state index is 0.0683. The van der Waals surface area contributed by atoms with Crippen LogP contribution in [0, 0.1) is 17.0 Å². The Morgan fingerprint density at radius 2 is 2.21 bits per heavy atom. The lowest BCUT2D eigenvalue weighted by atomic mass is 10.2. The van der Waals surface area contributed by atoms with E-state index in [1.165, 1.54) is 12.1 Å². The number of nitrogens with zero attached hydrogens (tertiary/aromatic N) is 1. The van der Waals surface area contributed by atoms with E-state index in [2.05, 4.69) is 4.98 Å². The first-order chi connectivity index (χ1) is 6.59. The monoisotopic (exact) mass is 191 g/mol. The van der Waals surface area contributed by atoms with E-state index in [0.29, 0.717) is 11.3 Å². The molecule has 2 rings (SSSR count). The molecule has 1 heterocycles. The maximum absolute atomic E-state index is 10.5. The highest BCUT2D eigenvalue weighted by Crippen LogP contribution is 2.26. The number of nitro groups is 1. The lowest BCUT2D eigenvalue weighted by Gasteiger charge is -1.92. The molecule has 3 N–H and O–H groups in total. The van der Waals surface area contributed by atoms with Crippen LogP contribution in [0.1, 0.15) is 5.56 Å². The van der Waals surface area contributed by atoms with Gasteiger partial charge in [0.1, 0.15) is 5.82 Å². The van der Waals surface area contributed by atoms with E-state index in [-0.39, 0.29) is 5.69 Å². The zero-order valence-electron chi connectivity index (χ0n) is 7.57. The van der Waals surface area contributed by atoms with E-state index >= 15 is 0 Å². The molecule has 0 aliphatic heterocycles. The van der Waals surface area contributed by atoms with Crippen LogP contribution in [0.2, 0.25) is 0 Å². The zero-order chi connectivity index (χ0) is 10.3. The van der Waals surface area contributed by atoms with Crippen LogP contribution in [-0.4, -0.2) is 9.91 Å². The first-order valence-electron chi connectivity index (χ1n) is 4.12. The summed E-state index contributed by atoms with van der Waals surface area (Å²) in [5.74, 6) is 0.556. The highest BCUT2D eigenvalue weighted by molar-refractivity contribution is 5.89. The summed E-state index contributed by atoms with van der Waals surface area (Å²) in [5.41, 5.74) is 7.35. The van der Waals surface area contributed by atoms with Crippen LogP contribution in [0.15, 0.2) is 18.2 Å². The van der Waals surface area contributed by atoms with Crippen molar-refractivity contribution >= 4 is 22.4 Å². The summed E-state index contributed by atoms with van der Waals surface area (Å²) in [6.07, 6.45) is 0. The molecule has 0 aliphatic rings. The van der Waals surface area contributed by atoms with Crippen LogP contribution in [-0.2, 0) is 0 Å². The van der Waals surface area contributed by atoms with Crippen LogP contribution in [0.5, 0.6) is 0 Å². The lowest BCUT2D eigenvalue weighted by Crippen LogP contribution is -1.86. The highest BCUT2D eigenvalue weighted by atomic mass is 16.6. The van der Waals surface area contributed by atoms with Crippen LogP contribution in [0.4, 0.5) is 11.5 Å². The summed E-state index contributed by atoms with van der Waals surface area (Å²) in [6.45, 7) is 1.88. The topological polar surface area (TPSA) is 85.0 Å². The summed E-state index contributed by atoms with van der Waals surface area (Å²) in [5, 5.41) is 11.4. The lowest BCUT2D eigenvalue weighted by molar-refractivity contribution is -0.384. The van der Waals surface area contributed by atoms with Gasteiger partial charge in [-0.2, -0.15) is 0 Å². The normalized spacial score (nSPS) is 10.6. The third-order valence-corrected chi connectivity index (χ3v) is 2.29. The van der Waals surface area contributed by atoms with E-state index in [0.717, 1.165) is 10.9 Å². The SMILES string of the molecule is Cc1c(N)[nH]c2cc([N+](=O)[O-])ccc12. The maximum atomic E-state index is 10.5. The fraction of sp³-hybridized carbons (Fsp3) is 0.111. The van der Waals surface area contributed by atoms with Crippen molar-refractivity contribution in [2.24, 2.45) is 0 Å². The number of hydrogen-bond donors (Lipinski definition) is 2. The van der Waals surface area contributed by atoms with Crippen molar-refractivity contribution in [3.8, 4) is 0 Å². The third kappa shape index (κ3) is 1.10. The second-order valence-electron chi connectivity index (χ2n) is 3.15. The summed E-state index contributed by atoms with van der Waals surface area (Å²) in [6, 6.07) is 4.66. The molecule has 1 aromatic heterocycles. The smallest absolute Gasteiger partial charge is 0.271 e. The van der Waals surface area contributed by atoms with Crippen molar-refractivity contribution in [1.82, 2.24) is 4.98 Å². The van der Waals surface area contributed by atoms with Crippen molar-refractivity contribution in [3.05, 3.63) is 33.9 Å². The van der Waals surface area contributed by atoms with E-state index in [4.69, 9.17) is 5.73 Å². The van der Waals surface area contributed by atoms with Crippen LogP contribution >= 0.6 is 0 Å². The standard InChI is InChI=1S/C9H9N3O2/c1-5-7-3-2-6(12(13)14)4-8(7)11-9(5)10/h2-4,11H,10H2,1H3. The number of nitrogens with two attached hydrogens (primary N) is 1. The van der Waals surface area contributed by atoms with Gasteiger partial charge in [-0.05, 0) is 18.6 Å². The Bertz CT molecular complexity index is 516. The Hall–Kier alpha value is -2.04. The van der Waals surface area contributed by atoms with Gasteiger partial charge in [0.15, 0.2) is 0 Å². The van der Waals surface area contributed by atoms with E-state index in [9.17, 15) is 10.1 Å². The molecule has 0 aliphatic carbocycles. The Balaban J connectivity index is 2.73. The number of nitrogen functional groups attached to an aromatic ring is 1. The second-order valence-corrected chi connectivity index (χ2v) is 3.15. The van der Waals surface area contributed by atoms with E-state index < -0.39 is 4.92 Å². The molecular formula is C9H9N3O2. The largest absolute Gasteiger partial charge is 0.385 e. The molecule has 0 atom stereocenters. The number of fused-ring (bicyclic) bond motifs is 1. The van der Waals surface area contributed by atoms with Crippen molar-refractivity contribution in [3.63, 3.8) is 0 Å². The van der Waals surface area contributed by atoms with Crippen molar-refractivity contribution in [1.29, 1.82) is 0 Å². The van der Waals surface area contributed by atoms with Gasteiger partial charge in [-0.3, -0.25) is 10.1 Å². The summed E-state index contributed by atoms with van der Waals surface area (Å²) >= 11 is 0. The molecule has 72 valence electrons. The number of aromatic nitrogens is 1. The number of anilines is 1. The van der Waals surface area contributed by atoms with Gasteiger partial charge in [-0.15, -0.1) is 0 Å². The maximum Gasteiger partial charge on any atom is 0.271 e. The molecule has 1 aromatic carbocycles. The van der Waals surface area contributed by atoms with Gasteiger partial charge in [-0.1, -0.05) is 0 Å². The fourth-order valence-corrected chi connectivity index (χ4v) is 1.46. The highest BCUT2D eigenvalue weighted by Gasteiger charge is 2.10. The molecule has 0 fully saturated rings. The molecular weight excluding hydrogens is 182 g/mol. The number of rotatable bonds is 1. The number of nitro benzene ring substituents is 1. The molecule has 0 unspecified atom stereocenters. The first-order valence-corrected chi connectivity index (χ1v) is 4.12. The molecule has 0 radical (unpaired) electrons. The van der Waals surface area contributed by atoms with Gasteiger partial charge < -0.3 is 10.7 Å². The molecule has 14 heavy (non-hydrogen) atoms. The van der Waals surface area contributed by atoms with Gasteiger partial charge in [0.05, 0.1) is 10.4 Å². The molecule has 0 bridgehead atoms. The van der Waals surface area contributed by atoms with Gasteiger partial charge in [0, 0.05) is 17.5 Å². The van der Waals surface area contributed by atoms with Gasteiger partial charge in [0.25, 0.3) is 5.69 Å². The molecule has 0 spiro atoms. The van der Waals surface area contributed by atoms with Crippen molar-refractivity contribution in [2.75, 3.05) is 5.73 Å². The number of aryl methyl sites for hydroxylation is 1. The number of benzene rings is 1. The summed E-state index contributed by atoms with van der Waals surface area (Å²) in [7, 11) is 0. The minimum atomic E-state index is -0.425. The molecule has 5 nitrogen and oxygen atoms in total. The average Bonchev–Trinajstić information content (AvgIpc) is 2.42. The molecule has 0 saturated carbocycles. The third-order valence-electron chi connectivity index (χ3n) is 2.29. The van der Waals surface area contributed by atoms with Crippen molar-refractivity contribution < 1.29 is 4.92 Å². The molecule has 0 amide bonds. The fourth-order valence-electron chi connectivity index (χ4n) is 1.46. The molecule has 0 saturated heterocycles. The van der Waals surface area contributed by atoms with E-state index in [1.54, 1.807) is 6.07 Å². The number of hydrogen-bond acceptors (Lipinski definition) is 3. The summed E-state index contributed by atoms with van der Waals surface area (Å²) in [4.78, 5) is 13.0. The van der Waals surface area contributed by atoms with Crippen LogP contribution in [0.25, 0.3) is 10.9 Å². The van der Waals surface area contributed by atoms with Gasteiger partial charge >= 0.3 is 0 Å². The quantitative estimate of drug-likeness (QED) is 0.533. The predicted molar refractivity (Wildman–Crippen MR) is 54.1 cm³/mol. The minimum Gasteiger partial charge on any atom is -0.385 e. The Labute approximate surface area is 79.7 Å². The Kier molecular flexibility index (Phi) is 1.67.